The van der Waals surface area contributed by atoms with Crippen molar-refractivity contribution < 1.29 is 47.7 Å². The van der Waals surface area contributed by atoms with Crippen LogP contribution in [0.4, 0.5) is 11.6 Å². The number of aromatic nitrogens is 6. The number of imidazole rings is 1. The number of rotatable bonds is 9. The number of hydrogen-bond donors (Lipinski definition) is 5. The van der Waals surface area contributed by atoms with Crippen LogP contribution < -0.4 is 17.2 Å². The van der Waals surface area contributed by atoms with Crippen molar-refractivity contribution in [3.63, 3.8) is 0 Å². The van der Waals surface area contributed by atoms with Gasteiger partial charge in [-0.2, -0.15) is 4.98 Å². The van der Waals surface area contributed by atoms with Gasteiger partial charge < -0.3 is 45.5 Å². The number of phosphoric acid groups is 1. The van der Waals surface area contributed by atoms with Crippen molar-refractivity contribution in [2.45, 2.75) is 68.2 Å². The zero-order valence-electron chi connectivity index (χ0n) is 22.4. The molecule has 0 aliphatic carbocycles. The fourth-order valence-corrected chi connectivity index (χ4v) is 6.12. The molecule has 1 radical (unpaired) electrons. The molecule has 0 aromatic carbocycles. The number of aliphatic hydroxyl groups excluding tert-OH is 2. The summed E-state index contributed by atoms with van der Waals surface area (Å²) in [7, 11) is -4.92. The first kappa shape index (κ1) is 29.9. The average molecular weight is 626 g/mol. The minimum Gasteiger partial charge on any atom is -0.387 e. The highest BCUT2D eigenvalue weighted by atomic mass is 31.2. The topological polar surface area (TPSA) is 264 Å². The van der Waals surface area contributed by atoms with Gasteiger partial charge in [-0.3, -0.25) is 18.2 Å². The number of aliphatic hydroxyl groups is 2. The predicted octanol–water partition coefficient (Wildman–Crippen LogP) is -1.38. The number of anilines is 2. The Labute approximate surface area is 242 Å². The molecule has 3 aromatic heterocycles. The lowest BCUT2D eigenvalue weighted by Gasteiger charge is -2.28. The number of nitrogen functional groups attached to an aromatic ring is 2. The lowest BCUT2D eigenvalue weighted by molar-refractivity contribution is -0.181. The van der Waals surface area contributed by atoms with Crippen LogP contribution in [0.25, 0.3) is 11.2 Å². The number of ether oxygens (including phenoxy) is 4. The molecular weight excluding hydrogens is 595 g/mol. The van der Waals surface area contributed by atoms with E-state index in [2.05, 4.69) is 26.9 Å². The Balaban J connectivity index is 1.16. The van der Waals surface area contributed by atoms with E-state index in [1.54, 1.807) is 0 Å². The van der Waals surface area contributed by atoms with Crippen LogP contribution in [0.3, 0.4) is 0 Å². The third-order valence-corrected chi connectivity index (χ3v) is 8.25. The predicted molar refractivity (Wildman–Crippen MR) is 142 cm³/mol. The molecule has 3 saturated heterocycles. The largest absolute Gasteiger partial charge is 0.472 e. The molecule has 7 N–H and O–H groups in total. The van der Waals surface area contributed by atoms with Gasteiger partial charge in [0.25, 0.3) is 0 Å². The highest BCUT2D eigenvalue weighted by molar-refractivity contribution is 7.47. The van der Waals surface area contributed by atoms with Gasteiger partial charge in [-0.1, -0.05) is 0 Å². The zero-order chi connectivity index (χ0) is 30.5. The highest BCUT2D eigenvalue weighted by Crippen LogP contribution is 2.50. The van der Waals surface area contributed by atoms with Crippen molar-refractivity contribution in [2.24, 2.45) is 0 Å². The summed E-state index contributed by atoms with van der Waals surface area (Å²) in [5, 5.41) is 21.3. The molecule has 6 rings (SSSR count). The first-order valence-corrected chi connectivity index (χ1v) is 14.7. The van der Waals surface area contributed by atoms with Crippen molar-refractivity contribution in [3.05, 3.63) is 42.3 Å². The minimum atomic E-state index is -4.92. The van der Waals surface area contributed by atoms with E-state index in [0.717, 1.165) is 11.0 Å². The van der Waals surface area contributed by atoms with Gasteiger partial charge in [-0.15, -0.1) is 0 Å². The SMILES string of the molecule is [CH2][C@H]1O[C@@H](n2ccc(N)nc2=O)[C@H](OC2CCCO2)[C@@H]1OP(=O)(O)OC[C@H]1O[C@@H](n2cnc3c(N)ncnc32)[C@H](O)[C@@H]1O. The lowest BCUT2D eigenvalue weighted by atomic mass is 10.1. The van der Waals surface area contributed by atoms with E-state index in [9.17, 15) is 24.5 Å². The summed E-state index contributed by atoms with van der Waals surface area (Å²) in [4.78, 5) is 39.0. The fourth-order valence-electron chi connectivity index (χ4n) is 5.16. The molecule has 3 aliphatic heterocycles. The van der Waals surface area contributed by atoms with Crippen molar-refractivity contribution in [1.82, 2.24) is 29.1 Å². The molecule has 2 unspecified atom stereocenters. The van der Waals surface area contributed by atoms with Gasteiger partial charge in [-0.25, -0.2) is 24.3 Å². The summed E-state index contributed by atoms with van der Waals surface area (Å²) < 4.78 is 49.3. The normalized spacial score (nSPS) is 34.2. The van der Waals surface area contributed by atoms with E-state index in [-0.39, 0.29) is 22.8 Å². The Morgan fingerprint density at radius 1 is 1.12 bits per heavy atom. The van der Waals surface area contributed by atoms with E-state index in [4.69, 9.17) is 39.5 Å². The van der Waals surface area contributed by atoms with Crippen LogP contribution in [0.1, 0.15) is 25.3 Å². The number of fused-ring (bicyclic) bond motifs is 1. The molecule has 10 atom stereocenters. The molecule has 3 aromatic rings. The Hall–Kier alpha value is -3.10. The molecule has 3 aliphatic rings. The maximum Gasteiger partial charge on any atom is 0.472 e. The Bertz CT molecular complexity index is 1570. The molecule has 233 valence electrons. The third kappa shape index (κ3) is 5.88. The third-order valence-electron chi connectivity index (χ3n) is 7.26. The summed E-state index contributed by atoms with van der Waals surface area (Å²) in [5.74, 6) is 0.0987. The molecule has 0 bridgehead atoms. The van der Waals surface area contributed by atoms with Gasteiger partial charge in [0.2, 0.25) is 0 Å². The number of hydrogen-bond acceptors (Lipinski definition) is 16. The summed E-state index contributed by atoms with van der Waals surface area (Å²) >= 11 is 0. The number of phosphoric ester groups is 1. The van der Waals surface area contributed by atoms with Crippen LogP contribution in [0.5, 0.6) is 0 Å². The van der Waals surface area contributed by atoms with E-state index in [1.165, 1.54) is 29.5 Å². The Morgan fingerprint density at radius 2 is 1.93 bits per heavy atom. The number of nitrogens with two attached hydrogens (primary N) is 2. The lowest BCUT2D eigenvalue weighted by Crippen LogP contribution is -2.40. The van der Waals surface area contributed by atoms with Crippen LogP contribution in [0.2, 0.25) is 0 Å². The molecule has 0 spiro atoms. The summed E-state index contributed by atoms with van der Waals surface area (Å²) in [6.45, 7) is 3.62. The molecule has 0 amide bonds. The molecule has 19 nitrogen and oxygen atoms in total. The second-order valence-electron chi connectivity index (χ2n) is 10.1. The van der Waals surface area contributed by atoms with Gasteiger partial charge in [-0.05, 0) is 19.4 Å². The molecule has 6 heterocycles. The van der Waals surface area contributed by atoms with Gasteiger partial charge >= 0.3 is 13.5 Å². The molecule has 20 heteroatoms. The standard InChI is InChI=1S/C23H30N8O11P/c1-10-17(18(41-13-3-2-6-37-13)22(39-10)30-5-4-12(24)29-23(30)34)42-43(35,36)38-7-11-15(32)16(33)21(40-11)31-9-28-14-19(25)26-8-27-20(14)31/h4-5,8-11,13,15-18,21-22,32-33H,1-3,6-7H2,(H,35,36)(H2,24,29,34)(H2,25,26,27)/t10-,11-,13?,15-,16-,17-,18-,21-,22-/m1/s1. The van der Waals surface area contributed by atoms with Crippen LogP contribution in [-0.2, 0) is 32.6 Å². The minimum absolute atomic E-state index is 0.00891. The molecule has 3 fully saturated rings. The van der Waals surface area contributed by atoms with E-state index in [1.807, 2.05) is 0 Å². The first-order valence-electron chi connectivity index (χ1n) is 13.2. The Kier molecular flexibility index (Phi) is 8.20. The van der Waals surface area contributed by atoms with Gasteiger partial charge in [0.05, 0.1) is 19.0 Å². The Morgan fingerprint density at radius 3 is 2.67 bits per heavy atom. The summed E-state index contributed by atoms with van der Waals surface area (Å²) in [5.41, 5.74) is 11.2. The smallest absolute Gasteiger partial charge is 0.387 e. The summed E-state index contributed by atoms with van der Waals surface area (Å²) in [6, 6.07) is 1.38. The van der Waals surface area contributed by atoms with Crippen LogP contribution in [-0.4, -0.2) is 100 Å². The van der Waals surface area contributed by atoms with Gasteiger partial charge in [0.15, 0.2) is 30.2 Å². The van der Waals surface area contributed by atoms with Crippen molar-refractivity contribution in [2.75, 3.05) is 24.7 Å². The monoisotopic (exact) mass is 625 g/mol. The maximum atomic E-state index is 13.1. The van der Waals surface area contributed by atoms with Gasteiger partial charge in [0, 0.05) is 19.2 Å². The van der Waals surface area contributed by atoms with Crippen LogP contribution >= 0.6 is 7.82 Å². The quantitative estimate of drug-likeness (QED) is 0.172. The van der Waals surface area contributed by atoms with Crippen LogP contribution in [0, 0.1) is 6.92 Å². The zero-order valence-corrected chi connectivity index (χ0v) is 23.3. The average Bonchev–Trinajstić information content (AvgIpc) is 3.74. The first-order chi connectivity index (χ1) is 20.5. The van der Waals surface area contributed by atoms with Crippen molar-refractivity contribution in [1.29, 1.82) is 0 Å². The van der Waals surface area contributed by atoms with E-state index in [0.29, 0.717) is 13.0 Å². The second-order valence-corrected chi connectivity index (χ2v) is 11.5. The van der Waals surface area contributed by atoms with Crippen molar-refractivity contribution in [3.8, 4) is 0 Å². The van der Waals surface area contributed by atoms with E-state index >= 15 is 0 Å². The molecular formula is C23H30N8O11P. The maximum absolute atomic E-state index is 13.1. The van der Waals surface area contributed by atoms with Gasteiger partial charge in [0.1, 0.15) is 48.2 Å². The second kappa shape index (κ2) is 11.8. The molecule has 43 heavy (non-hydrogen) atoms. The highest BCUT2D eigenvalue weighted by Gasteiger charge is 2.51. The van der Waals surface area contributed by atoms with E-state index < -0.39 is 75.5 Å². The molecule has 0 saturated carbocycles. The van der Waals surface area contributed by atoms with Crippen LogP contribution in [0.15, 0.2) is 29.7 Å². The van der Waals surface area contributed by atoms with Crippen molar-refractivity contribution >= 4 is 30.6 Å². The summed E-state index contributed by atoms with van der Waals surface area (Å²) in [6.07, 6.45) is -5.75. The number of nitrogens with zero attached hydrogens (tertiary/aromatic N) is 6. The fraction of sp³-hybridized carbons (Fsp3) is 0.565.